The summed E-state index contributed by atoms with van der Waals surface area (Å²) in [5.41, 5.74) is 1.02. The Kier molecular flexibility index (Phi) is 7.21. The second-order valence-corrected chi connectivity index (χ2v) is 15.2. The van der Waals surface area contributed by atoms with Crippen LogP contribution in [0.3, 0.4) is 0 Å². The zero-order chi connectivity index (χ0) is 26.0. The van der Waals surface area contributed by atoms with Crippen molar-refractivity contribution >= 4 is 6.29 Å². The minimum Gasteiger partial charge on any atom is -0.393 e. The fourth-order valence-corrected chi connectivity index (χ4v) is 11.9. The van der Waals surface area contributed by atoms with E-state index in [9.17, 15) is 9.90 Å². The van der Waals surface area contributed by atoms with Crippen molar-refractivity contribution in [2.45, 2.75) is 139 Å². The van der Waals surface area contributed by atoms with E-state index >= 15 is 0 Å². The lowest BCUT2D eigenvalue weighted by atomic mass is 9.31. The van der Waals surface area contributed by atoms with E-state index in [1.807, 2.05) is 13.8 Å². The molecule has 202 valence electrons. The predicted octanol–water partition coefficient (Wildman–Crippen LogP) is 8.70. The molecule has 0 aromatic heterocycles. The van der Waals surface area contributed by atoms with Gasteiger partial charge >= 0.3 is 0 Å². The third kappa shape index (κ3) is 3.60. The summed E-state index contributed by atoms with van der Waals surface area (Å²) in [7, 11) is 0. The van der Waals surface area contributed by atoms with Crippen LogP contribution in [-0.2, 0) is 4.79 Å². The molecule has 0 heterocycles. The van der Waals surface area contributed by atoms with E-state index in [2.05, 4.69) is 48.5 Å². The van der Waals surface area contributed by atoms with E-state index in [1.165, 1.54) is 57.7 Å². The Morgan fingerprint density at radius 2 is 1.46 bits per heavy atom. The summed E-state index contributed by atoms with van der Waals surface area (Å²) in [6.45, 7) is 21.5. The van der Waals surface area contributed by atoms with E-state index in [0.717, 1.165) is 25.2 Å². The summed E-state index contributed by atoms with van der Waals surface area (Å²) < 4.78 is 0. The highest BCUT2D eigenvalue weighted by Gasteiger charge is 2.70. The number of fused-ring (bicyclic) bond motifs is 7. The van der Waals surface area contributed by atoms with E-state index < -0.39 is 0 Å². The topological polar surface area (TPSA) is 37.3 Å². The molecule has 10 atom stereocenters. The lowest BCUT2D eigenvalue weighted by Gasteiger charge is -2.73. The van der Waals surface area contributed by atoms with Gasteiger partial charge in [-0.2, -0.15) is 0 Å². The molecule has 0 amide bonds. The Bertz CT molecular complexity index is 786. The second-order valence-electron chi connectivity index (χ2n) is 15.2. The van der Waals surface area contributed by atoms with Crippen LogP contribution in [0, 0.1) is 62.6 Å². The first kappa shape index (κ1) is 27.7. The molecule has 0 aliphatic heterocycles. The summed E-state index contributed by atoms with van der Waals surface area (Å²) in [6.07, 6.45) is 14.8. The summed E-state index contributed by atoms with van der Waals surface area (Å²) in [5.74, 6) is 4.06. The molecule has 0 saturated heterocycles. The predicted molar refractivity (Wildman–Crippen MR) is 147 cm³/mol. The number of hydrogen-bond donors (Lipinski definition) is 1. The van der Waals surface area contributed by atoms with Crippen molar-refractivity contribution < 1.29 is 9.90 Å². The van der Waals surface area contributed by atoms with Gasteiger partial charge in [0.1, 0.15) is 6.29 Å². The van der Waals surface area contributed by atoms with Crippen LogP contribution in [0.1, 0.15) is 133 Å². The smallest absolute Gasteiger partial charge is 0.126 e. The Hall–Kier alpha value is -0.370. The first-order valence-corrected chi connectivity index (χ1v) is 15.5. The molecule has 0 aromatic rings. The summed E-state index contributed by atoms with van der Waals surface area (Å²) >= 11 is 0. The van der Waals surface area contributed by atoms with Crippen LogP contribution in [0.15, 0.2) is 0 Å². The lowest BCUT2D eigenvalue weighted by Crippen LogP contribution is -2.67. The fourth-order valence-electron chi connectivity index (χ4n) is 11.9. The van der Waals surface area contributed by atoms with Crippen LogP contribution >= 0.6 is 0 Å². The van der Waals surface area contributed by atoms with Gasteiger partial charge in [0.15, 0.2) is 0 Å². The van der Waals surface area contributed by atoms with Gasteiger partial charge in [-0.3, -0.25) is 0 Å². The van der Waals surface area contributed by atoms with Gasteiger partial charge in [-0.15, -0.1) is 0 Å². The van der Waals surface area contributed by atoms with Gasteiger partial charge in [0.05, 0.1) is 6.10 Å². The largest absolute Gasteiger partial charge is 0.393 e. The van der Waals surface area contributed by atoms with Gasteiger partial charge in [0.25, 0.3) is 0 Å². The van der Waals surface area contributed by atoms with Gasteiger partial charge < -0.3 is 9.90 Å². The number of carbonyl (C=O) groups excluding carboxylic acids is 1. The van der Waals surface area contributed by atoms with E-state index in [0.29, 0.717) is 45.8 Å². The van der Waals surface area contributed by atoms with Crippen molar-refractivity contribution in [3.05, 3.63) is 0 Å². The van der Waals surface area contributed by atoms with Crippen LogP contribution in [0.2, 0.25) is 0 Å². The van der Waals surface area contributed by atoms with Crippen LogP contribution < -0.4 is 0 Å². The van der Waals surface area contributed by atoms with Crippen molar-refractivity contribution in [2.24, 2.45) is 62.6 Å². The molecule has 5 rings (SSSR count). The quantitative estimate of drug-likeness (QED) is 0.396. The Morgan fingerprint density at radius 1 is 0.771 bits per heavy atom. The van der Waals surface area contributed by atoms with Gasteiger partial charge in [-0.25, -0.2) is 0 Å². The molecule has 0 aromatic carbocycles. The minimum absolute atomic E-state index is 0.0252. The minimum atomic E-state index is -0.149. The first-order valence-electron chi connectivity index (χ1n) is 15.5. The van der Waals surface area contributed by atoms with Crippen molar-refractivity contribution in [1.82, 2.24) is 0 Å². The lowest BCUT2D eigenvalue weighted by molar-refractivity contribution is -0.254. The standard InChI is InChI=1S/C31H52O2.C2H6/c1-20(2)21-9-8-14-31(19-32)18-17-29(6)22(26(21)31)10-11-24-28(5)15-13-25(33)27(3,4)23(28)12-16-30(24,29)7;1-2/h19-26,33H,8-18H2,1-7H3;1-2H3/t21-,22?,23?,24?,25-,26?,28-,29+,30+,31+;/m0./s1. The average Bonchev–Trinajstić information content (AvgIpc) is 2.83. The van der Waals surface area contributed by atoms with E-state index in [1.54, 1.807) is 0 Å². The first-order chi connectivity index (χ1) is 16.4. The maximum atomic E-state index is 12.7. The second kappa shape index (κ2) is 9.13. The van der Waals surface area contributed by atoms with Gasteiger partial charge in [-0.1, -0.05) is 68.7 Å². The molecule has 2 nitrogen and oxygen atoms in total. The van der Waals surface area contributed by atoms with Crippen LogP contribution in [0.4, 0.5) is 0 Å². The molecule has 0 bridgehead atoms. The summed E-state index contributed by atoms with van der Waals surface area (Å²) in [4.78, 5) is 12.7. The SMILES string of the molecule is CC.CC(C)[C@@H]1CCC[C@]2(C=O)CC[C@]3(C)C(CCC4[C@@]5(C)CC[C@H](O)C(C)(C)C5CC[C@]43C)C12. The molecule has 5 saturated carbocycles. The van der Waals surface area contributed by atoms with Crippen molar-refractivity contribution in [3.8, 4) is 0 Å². The maximum absolute atomic E-state index is 12.7. The molecule has 5 aliphatic rings. The molecule has 35 heavy (non-hydrogen) atoms. The van der Waals surface area contributed by atoms with Gasteiger partial charge in [0.2, 0.25) is 0 Å². The number of aliphatic hydroxyl groups is 1. The van der Waals surface area contributed by atoms with E-state index in [-0.39, 0.29) is 16.9 Å². The van der Waals surface area contributed by atoms with Crippen LogP contribution in [-0.4, -0.2) is 17.5 Å². The van der Waals surface area contributed by atoms with E-state index in [4.69, 9.17) is 0 Å². The maximum Gasteiger partial charge on any atom is 0.126 e. The monoisotopic (exact) mass is 486 g/mol. The molecular formula is C33H58O2. The van der Waals surface area contributed by atoms with Crippen LogP contribution in [0.5, 0.6) is 0 Å². The Labute approximate surface area is 217 Å². The molecule has 0 radical (unpaired) electrons. The van der Waals surface area contributed by atoms with Gasteiger partial charge in [-0.05, 0) is 121 Å². The van der Waals surface area contributed by atoms with Crippen molar-refractivity contribution in [2.75, 3.05) is 0 Å². The number of hydrogen-bond acceptors (Lipinski definition) is 2. The molecule has 1 N–H and O–H groups in total. The Morgan fingerprint density at radius 3 is 2.09 bits per heavy atom. The third-order valence-electron chi connectivity index (χ3n) is 13.9. The van der Waals surface area contributed by atoms with Gasteiger partial charge in [0, 0.05) is 5.41 Å². The highest BCUT2D eigenvalue weighted by molar-refractivity contribution is 5.61. The van der Waals surface area contributed by atoms with Crippen LogP contribution in [0.25, 0.3) is 0 Å². The number of carbonyl (C=O) groups is 1. The molecule has 0 spiro atoms. The normalized spacial score (nSPS) is 52.7. The van der Waals surface area contributed by atoms with Crippen molar-refractivity contribution in [3.63, 3.8) is 0 Å². The Balaban J connectivity index is 0.00000141. The average molecular weight is 487 g/mol. The summed E-state index contributed by atoms with van der Waals surface area (Å²) in [6, 6.07) is 0. The number of aliphatic hydroxyl groups excluding tert-OH is 1. The zero-order valence-corrected chi connectivity index (χ0v) is 24.8. The molecule has 5 fully saturated rings. The summed E-state index contributed by atoms with van der Waals surface area (Å²) in [5, 5.41) is 10.9. The number of rotatable bonds is 2. The third-order valence-corrected chi connectivity index (χ3v) is 13.9. The molecule has 5 aliphatic carbocycles. The zero-order valence-electron chi connectivity index (χ0n) is 24.8. The highest BCUT2D eigenvalue weighted by Crippen LogP contribution is 2.76. The highest BCUT2D eigenvalue weighted by atomic mass is 16.3. The fraction of sp³-hybridized carbons (Fsp3) is 0.970. The molecule has 4 unspecified atom stereocenters. The van der Waals surface area contributed by atoms with Crippen molar-refractivity contribution in [1.29, 1.82) is 0 Å². The molecular weight excluding hydrogens is 428 g/mol. The molecule has 2 heteroatoms. The number of aldehydes is 1.